The number of aryl methyl sites for hydroxylation is 1. The van der Waals surface area contributed by atoms with Gasteiger partial charge in [-0.3, -0.25) is 4.79 Å². The number of anilines is 1. The summed E-state index contributed by atoms with van der Waals surface area (Å²) >= 11 is 2.87. The van der Waals surface area contributed by atoms with Gasteiger partial charge in [0.2, 0.25) is 5.91 Å². The molecule has 0 spiro atoms. The molecule has 2 aromatic heterocycles. The van der Waals surface area contributed by atoms with E-state index in [0.717, 1.165) is 27.6 Å². The number of benzene rings is 1. The van der Waals surface area contributed by atoms with E-state index in [1.54, 1.807) is 17.4 Å². The van der Waals surface area contributed by atoms with Crippen LogP contribution in [0.2, 0.25) is 0 Å². The Balaban J connectivity index is 1.63. The van der Waals surface area contributed by atoms with Crippen molar-refractivity contribution < 1.29 is 4.79 Å². The van der Waals surface area contributed by atoms with Crippen LogP contribution >= 0.6 is 22.9 Å². The fourth-order valence-electron chi connectivity index (χ4n) is 1.82. The third-order valence-electron chi connectivity index (χ3n) is 2.85. The summed E-state index contributed by atoms with van der Waals surface area (Å²) in [6, 6.07) is 7.49. The van der Waals surface area contributed by atoms with Gasteiger partial charge in [0.15, 0.2) is 0 Å². The number of hydrogen-bond acceptors (Lipinski definition) is 6. The predicted octanol–water partition coefficient (Wildman–Crippen LogP) is 3.62. The molecule has 0 radical (unpaired) electrons. The summed E-state index contributed by atoms with van der Waals surface area (Å²) in [5.74, 6) is -0.186. The maximum absolute atomic E-state index is 11.9. The molecule has 2 heterocycles. The van der Waals surface area contributed by atoms with Crippen molar-refractivity contribution in [2.75, 3.05) is 5.32 Å². The van der Waals surface area contributed by atoms with Crippen molar-refractivity contribution in [3.05, 3.63) is 51.8 Å². The zero-order chi connectivity index (χ0) is 15.4. The molecule has 5 nitrogen and oxygen atoms in total. The van der Waals surface area contributed by atoms with Crippen LogP contribution in [0.3, 0.4) is 0 Å². The molecule has 1 aromatic carbocycles. The number of rotatable bonds is 4. The summed E-state index contributed by atoms with van der Waals surface area (Å²) in [6.07, 6.45) is 3.18. The van der Waals surface area contributed by atoms with Crippen molar-refractivity contribution in [3.8, 4) is 11.3 Å². The normalized spacial score (nSPS) is 11.0. The number of carbonyl (C=O) groups excluding carboxylic acids is 1. The summed E-state index contributed by atoms with van der Waals surface area (Å²) in [5, 5.41) is 11.6. The van der Waals surface area contributed by atoms with Gasteiger partial charge in [-0.2, -0.15) is 0 Å². The lowest BCUT2D eigenvalue weighted by Crippen LogP contribution is -2.07. The summed E-state index contributed by atoms with van der Waals surface area (Å²) < 4.78 is 3.83. The van der Waals surface area contributed by atoms with E-state index in [9.17, 15) is 4.79 Å². The molecule has 0 unspecified atom stereocenters. The number of amides is 1. The minimum absolute atomic E-state index is 0.186. The Kier molecular flexibility index (Phi) is 4.36. The van der Waals surface area contributed by atoms with Gasteiger partial charge in [-0.25, -0.2) is 4.98 Å². The number of aromatic nitrogens is 3. The molecular formula is C15H12N4OS2. The Morgan fingerprint density at radius 1 is 1.23 bits per heavy atom. The molecule has 7 heteroatoms. The largest absolute Gasteiger partial charge is 0.323 e. The third-order valence-corrected chi connectivity index (χ3v) is 4.15. The average molecular weight is 328 g/mol. The standard InChI is InChI=1S/C15H12N4OS2/c1-10-16-13(8-21-10)6-7-15(20)17-12-4-2-11(3-5-12)14-9-22-19-18-14/h2-9H,1H3,(H,17,20)/b7-6+. The molecule has 3 aromatic rings. The van der Waals surface area contributed by atoms with Gasteiger partial charge < -0.3 is 5.32 Å². The van der Waals surface area contributed by atoms with E-state index in [-0.39, 0.29) is 5.91 Å². The van der Waals surface area contributed by atoms with Crippen molar-refractivity contribution in [1.82, 2.24) is 14.6 Å². The molecule has 0 aliphatic heterocycles. The van der Waals surface area contributed by atoms with Crippen LogP contribution in [0, 0.1) is 6.92 Å². The molecule has 0 aliphatic carbocycles. The second kappa shape index (κ2) is 6.59. The van der Waals surface area contributed by atoms with Crippen molar-refractivity contribution >= 4 is 40.5 Å². The van der Waals surface area contributed by atoms with Crippen LogP contribution in [0.15, 0.2) is 41.1 Å². The number of nitrogens with zero attached hydrogens (tertiary/aromatic N) is 3. The van der Waals surface area contributed by atoms with Crippen LogP contribution in [-0.2, 0) is 4.79 Å². The first kappa shape index (κ1) is 14.6. The van der Waals surface area contributed by atoms with Crippen LogP contribution in [0.5, 0.6) is 0 Å². The minimum Gasteiger partial charge on any atom is -0.323 e. The van der Waals surface area contributed by atoms with Gasteiger partial charge in [-0.15, -0.1) is 16.4 Å². The molecule has 3 rings (SSSR count). The van der Waals surface area contributed by atoms with E-state index in [0.29, 0.717) is 0 Å². The van der Waals surface area contributed by atoms with Gasteiger partial charge in [-0.05, 0) is 36.7 Å². The second-order valence-corrected chi connectivity index (χ2v) is 6.15. The number of carbonyl (C=O) groups is 1. The van der Waals surface area contributed by atoms with Gasteiger partial charge in [-0.1, -0.05) is 16.6 Å². The highest BCUT2D eigenvalue weighted by Crippen LogP contribution is 2.20. The lowest BCUT2D eigenvalue weighted by molar-refractivity contribution is -0.111. The zero-order valence-electron chi connectivity index (χ0n) is 11.7. The second-order valence-electron chi connectivity index (χ2n) is 4.48. The van der Waals surface area contributed by atoms with Crippen molar-refractivity contribution in [2.24, 2.45) is 0 Å². The van der Waals surface area contributed by atoms with E-state index < -0.39 is 0 Å². The number of nitrogens with one attached hydrogen (secondary N) is 1. The van der Waals surface area contributed by atoms with Gasteiger partial charge >= 0.3 is 0 Å². The number of thiazole rings is 1. The monoisotopic (exact) mass is 328 g/mol. The maximum atomic E-state index is 11.9. The fourth-order valence-corrected chi connectivity index (χ4v) is 2.86. The van der Waals surface area contributed by atoms with Crippen LogP contribution in [0.1, 0.15) is 10.7 Å². The Bertz CT molecular complexity index is 791. The highest BCUT2D eigenvalue weighted by molar-refractivity contribution is 7.09. The van der Waals surface area contributed by atoms with Crippen LogP contribution in [0.4, 0.5) is 5.69 Å². The fraction of sp³-hybridized carbons (Fsp3) is 0.0667. The SMILES string of the molecule is Cc1nc(/C=C/C(=O)Nc2ccc(-c3csnn3)cc2)cs1. The summed E-state index contributed by atoms with van der Waals surface area (Å²) in [7, 11) is 0. The number of hydrogen-bond donors (Lipinski definition) is 1. The molecule has 22 heavy (non-hydrogen) atoms. The maximum Gasteiger partial charge on any atom is 0.248 e. The third kappa shape index (κ3) is 3.63. The average Bonchev–Trinajstić information content (AvgIpc) is 3.17. The van der Waals surface area contributed by atoms with Crippen LogP contribution in [0.25, 0.3) is 17.3 Å². The van der Waals surface area contributed by atoms with E-state index in [2.05, 4.69) is 19.9 Å². The molecular weight excluding hydrogens is 316 g/mol. The summed E-state index contributed by atoms with van der Waals surface area (Å²) in [6.45, 7) is 1.93. The Labute approximate surface area is 135 Å². The molecule has 0 saturated heterocycles. The molecule has 0 bridgehead atoms. The van der Waals surface area contributed by atoms with Gasteiger partial charge in [0, 0.05) is 28.1 Å². The van der Waals surface area contributed by atoms with Crippen LogP contribution < -0.4 is 5.32 Å². The lowest BCUT2D eigenvalue weighted by Gasteiger charge is -2.02. The molecule has 1 N–H and O–H groups in total. The van der Waals surface area contributed by atoms with Gasteiger partial charge in [0.25, 0.3) is 0 Å². The molecule has 0 fully saturated rings. The van der Waals surface area contributed by atoms with E-state index in [1.807, 2.05) is 41.9 Å². The highest BCUT2D eigenvalue weighted by Gasteiger charge is 2.02. The van der Waals surface area contributed by atoms with E-state index >= 15 is 0 Å². The van der Waals surface area contributed by atoms with Crippen LogP contribution in [-0.4, -0.2) is 20.5 Å². The van der Waals surface area contributed by atoms with Crippen molar-refractivity contribution in [3.63, 3.8) is 0 Å². The Morgan fingerprint density at radius 3 is 2.68 bits per heavy atom. The smallest absolute Gasteiger partial charge is 0.248 e. The molecule has 110 valence electrons. The predicted molar refractivity (Wildman–Crippen MR) is 89.9 cm³/mol. The minimum atomic E-state index is -0.186. The summed E-state index contributed by atoms with van der Waals surface area (Å²) in [5.41, 5.74) is 3.34. The first-order valence-electron chi connectivity index (χ1n) is 6.49. The van der Waals surface area contributed by atoms with Crippen molar-refractivity contribution in [2.45, 2.75) is 6.92 Å². The first-order chi connectivity index (χ1) is 10.7. The first-order valence-corrected chi connectivity index (χ1v) is 8.21. The molecule has 0 saturated carbocycles. The molecule has 0 atom stereocenters. The molecule has 1 amide bonds. The lowest BCUT2D eigenvalue weighted by atomic mass is 10.1. The van der Waals surface area contributed by atoms with Gasteiger partial charge in [0.1, 0.15) is 5.69 Å². The highest BCUT2D eigenvalue weighted by atomic mass is 32.1. The Hall–Kier alpha value is -2.38. The molecule has 0 aliphatic rings. The van der Waals surface area contributed by atoms with Gasteiger partial charge in [0.05, 0.1) is 10.7 Å². The zero-order valence-corrected chi connectivity index (χ0v) is 13.3. The van der Waals surface area contributed by atoms with Crippen molar-refractivity contribution in [1.29, 1.82) is 0 Å². The van der Waals surface area contributed by atoms with E-state index in [4.69, 9.17) is 0 Å². The topological polar surface area (TPSA) is 67.8 Å². The quantitative estimate of drug-likeness (QED) is 0.743. The van der Waals surface area contributed by atoms with E-state index in [1.165, 1.54) is 17.6 Å². The Morgan fingerprint density at radius 2 is 2.05 bits per heavy atom. The summed E-state index contributed by atoms with van der Waals surface area (Å²) in [4.78, 5) is 16.1.